The molecule has 1 saturated heterocycles. The summed E-state index contributed by atoms with van der Waals surface area (Å²) in [6.45, 7) is 3.66. The molecule has 0 N–H and O–H groups in total. The number of fused-ring (bicyclic) bond motifs is 1. The van der Waals surface area contributed by atoms with Crippen LogP contribution in [0.25, 0.3) is 0 Å². The second-order valence-electron chi connectivity index (χ2n) is 6.99. The van der Waals surface area contributed by atoms with Gasteiger partial charge >= 0.3 is 0 Å². The first-order chi connectivity index (χ1) is 12.7. The van der Waals surface area contributed by atoms with E-state index >= 15 is 0 Å². The average Bonchev–Trinajstić information content (AvgIpc) is 3.11. The summed E-state index contributed by atoms with van der Waals surface area (Å²) < 4.78 is 11.1. The van der Waals surface area contributed by atoms with Gasteiger partial charge in [0.25, 0.3) is 5.91 Å². The van der Waals surface area contributed by atoms with E-state index in [1.54, 1.807) is 12.4 Å². The van der Waals surface area contributed by atoms with Gasteiger partial charge in [-0.15, -0.1) is 0 Å². The number of carbonyl (C=O) groups excluding carboxylic acids is 1. The molecule has 0 aromatic carbocycles. The van der Waals surface area contributed by atoms with Crippen molar-refractivity contribution in [3.8, 4) is 0 Å². The topological polar surface area (TPSA) is 81.4 Å². The summed E-state index contributed by atoms with van der Waals surface area (Å²) in [7, 11) is 0. The smallest absolute Gasteiger partial charge is 0.276 e. The van der Waals surface area contributed by atoms with Crippen molar-refractivity contribution in [2.24, 2.45) is 0 Å². The van der Waals surface area contributed by atoms with Crippen molar-refractivity contribution in [2.75, 3.05) is 19.8 Å². The van der Waals surface area contributed by atoms with Crippen molar-refractivity contribution >= 4 is 5.91 Å². The number of aromatic nitrogens is 3. The summed E-state index contributed by atoms with van der Waals surface area (Å²) in [4.78, 5) is 23.7. The van der Waals surface area contributed by atoms with Gasteiger partial charge in [0.1, 0.15) is 5.76 Å². The Morgan fingerprint density at radius 1 is 1.27 bits per heavy atom. The summed E-state index contributed by atoms with van der Waals surface area (Å²) in [6.07, 6.45) is 8.94. The highest BCUT2D eigenvalue weighted by atomic mass is 16.5. The van der Waals surface area contributed by atoms with Crippen LogP contribution in [0.4, 0.5) is 0 Å². The normalized spacial score (nSPS) is 20.0. The number of aryl methyl sites for hydroxylation is 3. The minimum atomic E-state index is -0.0268. The predicted molar refractivity (Wildman–Crippen MR) is 93.9 cm³/mol. The second-order valence-corrected chi connectivity index (χ2v) is 6.99. The first-order valence-corrected chi connectivity index (χ1v) is 9.36. The Kier molecular flexibility index (Phi) is 4.97. The Morgan fingerprint density at radius 3 is 3.00 bits per heavy atom. The van der Waals surface area contributed by atoms with Crippen molar-refractivity contribution in [1.82, 2.24) is 20.0 Å². The van der Waals surface area contributed by atoms with Crippen LogP contribution in [0.15, 0.2) is 16.9 Å². The zero-order valence-electron chi connectivity index (χ0n) is 15.1. The number of hydrogen-bond donors (Lipinski definition) is 0. The second kappa shape index (κ2) is 7.53. The van der Waals surface area contributed by atoms with Gasteiger partial charge in [0, 0.05) is 30.9 Å². The first kappa shape index (κ1) is 17.1. The van der Waals surface area contributed by atoms with Gasteiger partial charge in [-0.2, -0.15) is 0 Å². The average molecular weight is 356 g/mol. The highest BCUT2D eigenvalue weighted by Crippen LogP contribution is 2.26. The molecule has 0 bridgehead atoms. The largest absolute Gasteiger partial charge is 0.377 e. The maximum absolute atomic E-state index is 13.1. The van der Waals surface area contributed by atoms with E-state index in [1.165, 1.54) is 0 Å². The van der Waals surface area contributed by atoms with Gasteiger partial charge in [0.15, 0.2) is 5.69 Å². The van der Waals surface area contributed by atoms with E-state index in [1.807, 2.05) is 11.8 Å². The SMILES string of the molecule is Cc1nccnc1CC[C@@H]1COCCN1C(=O)c1noc2c1CCCC2. The number of nitrogens with zero attached hydrogens (tertiary/aromatic N) is 4. The Balaban J connectivity index is 1.49. The van der Waals surface area contributed by atoms with Crippen LogP contribution in [-0.4, -0.2) is 51.7 Å². The van der Waals surface area contributed by atoms with Crippen molar-refractivity contribution < 1.29 is 14.1 Å². The van der Waals surface area contributed by atoms with Crippen molar-refractivity contribution in [3.63, 3.8) is 0 Å². The van der Waals surface area contributed by atoms with E-state index in [-0.39, 0.29) is 11.9 Å². The summed E-state index contributed by atoms with van der Waals surface area (Å²) in [5.74, 6) is 0.862. The zero-order valence-corrected chi connectivity index (χ0v) is 15.1. The monoisotopic (exact) mass is 356 g/mol. The maximum atomic E-state index is 13.1. The lowest BCUT2D eigenvalue weighted by Gasteiger charge is -2.35. The van der Waals surface area contributed by atoms with E-state index in [0.717, 1.165) is 61.2 Å². The molecule has 7 nitrogen and oxygen atoms in total. The van der Waals surface area contributed by atoms with Crippen LogP contribution in [0, 0.1) is 6.92 Å². The molecule has 0 unspecified atom stereocenters. The molecule has 2 aromatic heterocycles. The summed E-state index contributed by atoms with van der Waals surface area (Å²) >= 11 is 0. The summed E-state index contributed by atoms with van der Waals surface area (Å²) in [6, 6.07) is 0.0218. The Morgan fingerprint density at radius 2 is 2.12 bits per heavy atom. The third-order valence-electron chi connectivity index (χ3n) is 5.34. The Labute approximate surface area is 152 Å². The molecular weight excluding hydrogens is 332 g/mol. The van der Waals surface area contributed by atoms with Crippen molar-refractivity contribution in [3.05, 3.63) is 40.8 Å². The fourth-order valence-corrected chi connectivity index (χ4v) is 3.84. The molecule has 0 spiro atoms. The summed E-state index contributed by atoms with van der Waals surface area (Å²) in [5, 5.41) is 4.11. The number of ether oxygens (including phenoxy) is 1. The number of amides is 1. The molecule has 0 saturated carbocycles. The highest BCUT2D eigenvalue weighted by Gasteiger charge is 2.33. The van der Waals surface area contributed by atoms with Gasteiger partial charge in [0.05, 0.1) is 30.6 Å². The molecule has 7 heteroatoms. The lowest BCUT2D eigenvalue weighted by Crippen LogP contribution is -2.49. The number of morpholine rings is 1. The van der Waals surface area contributed by atoms with Gasteiger partial charge in [-0.1, -0.05) is 5.16 Å². The molecule has 4 rings (SSSR count). The van der Waals surface area contributed by atoms with Crippen LogP contribution in [0.3, 0.4) is 0 Å². The minimum absolute atomic E-state index is 0.0218. The van der Waals surface area contributed by atoms with Gasteiger partial charge in [-0.3, -0.25) is 14.8 Å². The number of rotatable bonds is 4. The van der Waals surface area contributed by atoms with Crippen LogP contribution in [0.1, 0.15) is 52.5 Å². The van der Waals surface area contributed by atoms with E-state index < -0.39 is 0 Å². The standard InChI is InChI=1S/C19H24N4O3/c1-13-16(21-9-8-20-13)7-6-14-12-25-11-10-23(14)19(24)18-15-4-2-3-5-17(15)26-22-18/h8-9,14H,2-7,10-12H2,1H3/t14-/m1/s1. The molecule has 26 heavy (non-hydrogen) atoms. The molecular formula is C19H24N4O3. The predicted octanol–water partition coefficient (Wildman–Crippen LogP) is 2.13. The molecule has 0 radical (unpaired) electrons. The third kappa shape index (κ3) is 3.35. The first-order valence-electron chi connectivity index (χ1n) is 9.36. The molecule has 1 aliphatic carbocycles. The van der Waals surface area contributed by atoms with Crippen LogP contribution in [0.2, 0.25) is 0 Å². The number of hydrogen-bond acceptors (Lipinski definition) is 6. The van der Waals surface area contributed by atoms with Gasteiger partial charge < -0.3 is 14.2 Å². The van der Waals surface area contributed by atoms with Crippen LogP contribution < -0.4 is 0 Å². The summed E-state index contributed by atoms with van der Waals surface area (Å²) in [5.41, 5.74) is 3.43. The van der Waals surface area contributed by atoms with E-state index in [2.05, 4.69) is 15.1 Å². The van der Waals surface area contributed by atoms with Crippen LogP contribution >= 0.6 is 0 Å². The molecule has 1 amide bonds. The lowest BCUT2D eigenvalue weighted by molar-refractivity contribution is -0.00468. The van der Waals surface area contributed by atoms with Crippen LogP contribution in [-0.2, 0) is 24.0 Å². The van der Waals surface area contributed by atoms with Gasteiger partial charge in [-0.05, 0) is 39.0 Å². The fourth-order valence-electron chi connectivity index (χ4n) is 3.84. The number of carbonyl (C=O) groups is 1. The molecule has 1 fully saturated rings. The third-order valence-corrected chi connectivity index (χ3v) is 5.34. The van der Waals surface area contributed by atoms with E-state index in [0.29, 0.717) is 25.5 Å². The lowest BCUT2D eigenvalue weighted by atomic mass is 9.95. The molecule has 2 aromatic rings. The minimum Gasteiger partial charge on any atom is -0.377 e. The van der Waals surface area contributed by atoms with Gasteiger partial charge in [-0.25, -0.2) is 0 Å². The molecule has 2 aliphatic rings. The van der Waals surface area contributed by atoms with Crippen molar-refractivity contribution in [2.45, 2.75) is 51.5 Å². The molecule has 3 heterocycles. The molecule has 1 atom stereocenters. The van der Waals surface area contributed by atoms with Crippen LogP contribution in [0.5, 0.6) is 0 Å². The van der Waals surface area contributed by atoms with E-state index in [9.17, 15) is 4.79 Å². The quantitative estimate of drug-likeness (QED) is 0.835. The maximum Gasteiger partial charge on any atom is 0.276 e. The Hall–Kier alpha value is -2.28. The Bertz CT molecular complexity index is 789. The zero-order chi connectivity index (χ0) is 17.9. The molecule has 138 valence electrons. The van der Waals surface area contributed by atoms with Crippen molar-refractivity contribution in [1.29, 1.82) is 0 Å². The molecule has 1 aliphatic heterocycles. The van der Waals surface area contributed by atoms with E-state index in [4.69, 9.17) is 9.26 Å². The van der Waals surface area contributed by atoms with Gasteiger partial charge in [0.2, 0.25) is 0 Å². The fraction of sp³-hybridized carbons (Fsp3) is 0.579. The highest BCUT2D eigenvalue weighted by molar-refractivity contribution is 5.94.